The summed E-state index contributed by atoms with van der Waals surface area (Å²) in [6, 6.07) is 0. The van der Waals surface area contributed by atoms with Gasteiger partial charge in [-0.15, -0.1) is 0 Å². The highest BCUT2D eigenvalue weighted by Gasteiger charge is 2.39. The van der Waals surface area contributed by atoms with Gasteiger partial charge >= 0.3 is 0 Å². The molecule has 0 saturated heterocycles. The zero-order valence-corrected chi connectivity index (χ0v) is 8.94. The van der Waals surface area contributed by atoms with Gasteiger partial charge in [0.05, 0.1) is 0 Å². The van der Waals surface area contributed by atoms with Crippen LogP contribution in [0.15, 0.2) is 0 Å². The molecule has 2 amide bonds. The van der Waals surface area contributed by atoms with Gasteiger partial charge in [-0.05, 0) is 13.8 Å². The van der Waals surface area contributed by atoms with E-state index >= 15 is 0 Å². The number of ketones is 2. The van der Waals surface area contributed by atoms with E-state index in [1.807, 2.05) is 0 Å². The molecule has 0 radical (unpaired) electrons. The molecular formula is C8H14N4O4. The maximum Gasteiger partial charge on any atom is 0.245 e. The molecular weight excluding hydrogens is 216 g/mol. The van der Waals surface area contributed by atoms with Crippen molar-refractivity contribution in [1.82, 2.24) is 10.9 Å². The van der Waals surface area contributed by atoms with Crippen LogP contribution in [0.3, 0.4) is 0 Å². The molecule has 16 heavy (non-hydrogen) atoms. The Morgan fingerprint density at radius 2 is 1.06 bits per heavy atom. The van der Waals surface area contributed by atoms with E-state index in [2.05, 4.69) is 0 Å². The van der Waals surface area contributed by atoms with E-state index in [1.54, 1.807) is 10.9 Å². The first-order valence-corrected chi connectivity index (χ1v) is 4.38. The average Bonchev–Trinajstić information content (AvgIpc) is 2.22. The lowest BCUT2D eigenvalue weighted by Crippen LogP contribution is -2.50. The molecule has 2 unspecified atom stereocenters. The topological polar surface area (TPSA) is 144 Å². The number of nitrogens with one attached hydrogen (secondary N) is 2. The minimum absolute atomic E-state index is 0.647. The lowest BCUT2D eigenvalue weighted by atomic mass is 9.85. The van der Waals surface area contributed by atoms with E-state index in [0.717, 1.165) is 13.8 Å². The summed E-state index contributed by atoms with van der Waals surface area (Å²) in [6.45, 7) is 2.17. The molecule has 0 aromatic carbocycles. The van der Waals surface area contributed by atoms with Crippen LogP contribution in [-0.2, 0) is 19.2 Å². The van der Waals surface area contributed by atoms with E-state index in [0.29, 0.717) is 0 Å². The summed E-state index contributed by atoms with van der Waals surface area (Å²) >= 11 is 0. The van der Waals surface area contributed by atoms with Gasteiger partial charge in [0.15, 0.2) is 0 Å². The molecule has 8 nitrogen and oxygen atoms in total. The fraction of sp³-hybridized carbons (Fsp3) is 0.500. The molecule has 0 bridgehead atoms. The molecule has 0 aliphatic rings. The van der Waals surface area contributed by atoms with Crippen LogP contribution in [-0.4, -0.2) is 23.4 Å². The Hall–Kier alpha value is -1.80. The average molecular weight is 230 g/mol. The van der Waals surface area contributed by atoms with Crippen LogP contribution >= 0.6 is 0 Å². The third-order valence-corrected chi connectivity index (χ3v) is 2.06. The Labute approximate surface area is 91.7 Å². The van der Waals surface area contributed by atoms with Crippen molar-refractivity contribution >= 4 is 23.4 Å². The highest BCUT2D eigenvalue weighted by molar-refractivity contribution is 6.12. The summed E-state index contributed by atoms with van der Waals surface area (Å²) in [5, 5.41) is 0. The van der Waals surface area contributed by atoms with Crippen molar-refractivity contribution in [3.8, 4) is 0 Å². The smallest absolute Gasteiger partial charge is 0.245 e. The Morgan fingerprint density at radius 1 is 0.812 bits per heavy atom. The molecule has 0 aromatic rings. The summed E-state index contributed by atoms with van der Waals surface area (Å²) in [5.41, 5.74) is 3.46. The summed E-state index contributed by atoms with van der Waals surface area (Å²) in [4.78, 5) is 45.0. The quantitative estimate of drug-likeness (QED) is 0.176. The summed E-state index contributed by atoms with van der Waals surface area (Å²) in [7, 11) is 0. The van der Waals surface area contributed by atoms with E-state index in [-0.39, 0.29) is 0 Å². The third kappa shape index (κ3) is 3.11. The Bertz CT molecular complexity index is 296. The Morgan fingerprint density at radius 3 is 1.19 bits per heavy atom. The zero-order chi connectivity index (χ0) is 12.9. The zero-order valence-electron chi connectivity index (χ0n) is 8.94. The first kappa shape index (κ1) is 14.2. The van der Waals surface area contributed by atoms with Gasteiger partial charge in [-0.1, -0.05) is 0 Å². The van der Waals surface area contributed by atoms with Crippen LogP contribution in [0.1, 0.15) is 13.8 Å². The molecule has 0 aromatic heterocycles. The van der Waals surface area contributed by atoms with E-state index in [4.69, 9.17) is 11.7 Å². The Kier molecular flexibility index (Phi) is 5.26. The molecule has 0 fully saturated rings. The lowest BCUT2D eigenvalue weighted by Gasteiger charge is -2.19. The molecule has 8 heteroatoms. The van der Waals surface area contributed by atoms with Crippen molar-refractivity contribution in [2.24, 2.45) is 23.5 Å². The lowest BCUT2D eigenvalue weighted by molar-refractivity contribution is -0.146. The van der Waals surface area contributed by atoms with E-state index < -0.39 is 35.2 Å². The molecule has 0 saturated carbocycles. The number of carbonyl (C=O) groups is 4. The fourth-order valence-corrected chi connectivity index (χ4v) is 1.32. The monoisotopic (exact) mass is 230 g/mol. The van der Waals surface area contributed by atoms with Crippen LogP contribution in [0.5, 0.6) is 0 Å². The summed E-state index contributed by atoms with van der Waals surface area (Å²) in [5.74, 6) is 3.69. The van der Waals surface area contributed by atoms with Crippen LogP contribution in [0.4, 0.5) is 0 Å². The third-order valence-electron chi connectivity index (χ3n) is 2.06. The number of hydrazine groups is 2. The largest absolute Gasteiger partial charge is 0.299 e. The number of nitrogens with two attached hydrogens (primary N) is 2. The molecule has 0 heterocycles. The molecule has 2 atom stereocenters. The van der Waals surface area contributed by atoms with Crippen molar-refractivity contribution in [1.29, 1.82) is 0 Å². The van der Waals surface area contributed by atoms with Gasteiger partial charge in [-0.3, -0.25) is 30.0 Å². The van der Waals surface area contributed by atoms with Gasteiger partial charge in [0.2, 0.25) is 11.8 Å². The molecule has 90 valence electrons. The minimum atomic E-state index is -1.47. The van der Waals surface area contributed by atoms with Gasteiger partial charge in [-0.2, -0.15) is 0 Å². The van der Waals surface area contributed by atoms with Crippen LogP contribution in [0.2, 0.25) is 0 Å². The van der Waals surface area contributed by atoms with Gasteiger partial charge in [-0.25, -0.2) is 11.7 Å². The van der Waals surface area contributed by atoms with Gasteiger partial charge < -0.3 is 0 Å². The number of hydrogen-bond donors (Lipinski definition) is 4. The Balaban J connectivity index is 5.27. The van der Waals surface area contributed by atoms with Crippen molar-refractivity contribution < 1.29 is 19.2 Å². The normalized spacial score (nSPS) is 13.5. The second-order valence-corrected chi connectivity index (χ2v) is 3.19. The molecule has 6 N–H and O–H groups in total. The fourth-order valence-electron chi connectivity index (χ4n) is 1.32. The van der Waals surface area contributed by atoms with E-state index in [1.165, 1.54) is 0 Å². The predicted octanol–water partition coefficient (Wildman–Crippen LogP) is -2.62. The number of rotatable bonds is 5. The first-order valence-electron chi connectivity index (χ1n) is 4.38. The molecule has 0 spiro atoms. The van der Waals surface area contributed by atoms with Crippen LogP contribution < -0.4 is 22.5 Å². The SMILES string of the molecule is CC(=O)C(C(=O)NN)C(C(C)=O)C(=O)NN. The highest BCUT2D eigenvalue weighted by Crippen LogP contribution is 2.15. The number of hydrogen-bond acceptors (Lipinski definition) is 6. The van der Waals surface area contributed by atoms with E-state index in [9.17, 15) is 19.2 Å². The summed E-state index contributed by atoms with van der Waals surface area (Å²) in [6.07, 6.45) is 0. The molecule has 0 aliphatic heterocycles. The first-order chi connectivity index (χ1) is 7.36. The van der Waals surface area contributed by atoms with Crippen LogP contribution in [0, 0.1) is 11.8 Å². The maximum absolute atomic E-state index is 11.3. The maximum atomic E-state index is 11.3. The van der Waals surface area contributed by atoms with Crippen molar-refractivity contribution in [3.05, 3.63) is 0 Å². The summed E-state index contributed by atoms with van der Waals surface area (Å²) < 4.78 is 0. The van der Waals surface area contributed by atoms with Gasteiger partial charge in [0.25, 0.3) is 0 Å². The minimum Gasteiger partial charge on any atom is -0.299 e. The molecule has 0 aliphatic carbocycles. The van der Waals surface area contributed by atoms with Crippen molar-refractivity contribution in [3.63, 3.8) is 0 Å². The number of carbonyl (C=O) groups excluding carboxylic acids is 4. The standard InChI is InChI=1S/C8H14N4O4/c1-3(13)5(7(15)11-9)6(4(2)14)8(16)12-10/h5-6H,9-10H2,1-2H3,(H,11,15)(H,12,16). The van der Waals surface area contributed by atoms with Gasteiger partial charge in [0, 0.05) is 0 Å². The van der Waals surface area contributed by atoms with Crippen LogP contribution in [0.25, 0.3) is 0 Å². The second kappa shape index (κ2) is 5.93. The molecule has 0 rings (SSSR count). The highest BCUT2D eigenvalue weighted by atomic mass is 16.2. The van der Waals surface area contributed by atoms with Gasteiger partial charge in [0.1, 0.15) is 23.4 Å². The second-order valence-electron chi connectivity index (χ2n) is 3.19. The van der Waals surface area contributed by atoms with Crippen molar-refractivity contribution in [2.75, 3.05) is 0 Å². The predicted molar refractivity (Wildman–Crippen MR) is 53.0 cm³/mol. The number of Topliss-reactive ketones (excluding diaryl/α,β-unsaturated/α-hetero) is 2. The number of amides is 2. The van der Waals surface area contributed by atoms with Crippen molar-refractivity contribution in [2.45, 2.75) is 13.8 Å².